The molecule has 1 aromatic heterocycles. The average molecular weight is 325 g/mol. The van der Waals surface area contributed by atoms with Crippen LogP contribution < -0.4 is 16.0 Å². The molecule has 3 rings (SSSR count). The number of amides is 1. The number of benzene rings is 1. The number of para-hydroxylation sites is 1. The first-order valence-corrected chi connectivity index (χ1v) is 8.38. The van der Waals surface area contributed by atoms with E-state index in [-0.39, 0.29) is 11.9 Å². The monoisotopic (exact) mass is 325 g/mol. The Bertz CT molecular complexity index is 710. The van der Waals surface area contributed by atoms with Gasteiger partial charge in [-0.3, -0.25) is 4.79 Å². The fraction of sp³-hybridized carbons (Fsp3) is 0.389. The van der Waals surface area contributed by atoms with Crippen LogP contribution in [0, 0.1) is 0 Å². The highest BCUT2D eigenvalue weighted by molar-refractivity contribution is 5.99. The third-order valence-corrected chi connectivity index (χ3v) is 4.43. The smallest absolute Gasteiger partial charge is 0.253 e. The van der Waals surface area contributed by atoms with Gasteiger partial charge in [-0.1, -0.05) is 19.1 Å². The number of carbonyl (C=O) groups excluding carboxylic acids is 1. The van der Waals surface area contributed by atoms with Gasteiger partial charge in [-0.05, 0) is 31.4 Å². The molecule has 0 spiro atoms. The molecule has 1 saturated heterocycles. The molecule has 126 valence electrons. The molecule has 6 nitrogen and oxygen atoms in total. The number of carbonyl (C=O) groups is 1. The van der Waals surface area contributed by atoms with Crippen LogP contribution in [0.15, 0.2) is 36.7 Å². The van der Waals surface area contributed by atoms with Gasteiger partial charge in [0.15, 0.2) is 0 Å². The average Bonchev–Trinajstić information content (AvgIpc) is 2.62. The van der Waals surface area contributed by atoms with Crippen molar-refractivity contribution >= 4 is 17.4 Å². The molecule has 6 heteroatoms. The molecule has 1 amide bonds. The number of aryl methyl sites for hydroxylation is 1. The molecule has 1 aliphatic heterocycles. The van der Waals surface area contributed by atoms with Crippen molar-refractivity contribution in [3.05, 3.63) is 47.9 Å². The maximum atomic E-state index is 12.3. The molecular formula is C18H23N5O. The van der Waals surface area contributed by atoms with Crippen LogP contribution >= 0.6 is 0 Å². The minimum Gasteiger partial charge on any atom is -0.398 e. The van der Waals surface area contributed by atoms with Gasteiger partial charge in [0, 0.05) is 36.6 Å². The molecule has 2 aromatic rings. The predicted molar refractivity (Wildman–Crippen MR) is 95.0 cm³/mol. The predicted octanol–water partition coefficient (Wildman–Crippen LogP) is 2.02. The van der Waals surface area contributed by atoms with Gasteiger partial charge in [0.05, 0.1) is 5.56 Å². The van der Waals surface area contributed by atoms with Gasteiger partial charge in [0.1, 0.15) is 12.1 Å². The topological polar surface area (TPSA) is 84.1 Å². The van der Waals surface area contributed by atoms with Gasteiger partial charge >= 0.3 is 0 Å². The molecule has 1 aliphatic rings. The van der Waals surface area contributed by atoms with Crippen molar-refractivity contribution in [2.75, 3.05) is 23.7 Å². The molecule has 3 N–H and O–H groups in total. The van der Waals surface area contributed by atoms with Crippen LogP contribution in [-0.4, -0.2) is 35.0 Å². The number of nitrogen functional groups attached to an aromatic ring is 1. The summed E-state index contributed by atoms with van der Waals surface area (Å²) in [4.78, 5) is 23.2. The number of piperidine rings is 1. The van der Waals surface area contributed by atoms with E-state index in [0.717, 1.165) is 43.9 Å². The third kappa shape index (κ3) is 3.64. The van der Waals surface area contributed by atoms with E-state index in [1.54, 1.807) is 18.5 Å². The Morgan fingerprint density at radius 3 is 2.75 bits per heavy atom. The highest BCUT2D eigenvalue weighted by Gasteiger charge is 2.22. The van der Waals surface area contributed by atoms with E-state index in [1.165, 1.54) is 0 Å². The van der Waals surface area contributed by atoms with Crippen molar-refractivity contribution in [3.63, 3.8) is 0 Å². The molecule has 0 unspecified atom stereocenters. The van der Waals surface area contributed by atoms with Crippen LogP contribution in [-0.2, 0) is 6.42 Å². The van der Waals surface area contributed by atoms with E-state index in [2.05, 4.69) is 27.1 Å². The number of anilines is 2. The number of nitrogens with zero attached hydrogens (tertiary/aromatic N) is 3. The lowest BCUT2D eigenvalue weighted by Crippen LogP contribution is -2.45. The maximum Gasteiger partial charge on any atom is 0.253 e. The lowest BCUT2D eigenvalue weighted by Gasteiger charge is -2.33. The zero-order chi connectivity index (χ0) is 16.9. The number of hydrogen-bond acceptors (Lipinski definition) is 5. The molecule has 0 saturated carbocycles. The highest BCUT2D eigenvalue weighted by atomic mass is 16.1. The summed E-state index contributed by atoms with van der Waals surface area (Å²) in [6, 6.07) is 9.38. The Hall–Kier alpha value is -2.63. The molecule has 2 heterocycles. The zero-order valence-corrected chi connectivity index (χ0v) is 13.9. The van der Waals surface area contributed by atoms with E-state index in [9.17, 15) is 4.79 Å². The van der Waals surface area contributed by atoms with Crippen LogP contribution in [0.25, 0.3) is 0 Å². The van der Waals surface area contributed by atoms with Gasteiger partial charge in [-0.25, -0.2) is 9.97 Å². The lowest BCUT2D eigenvalue weighted by atomic mass is 10.0. The molecule has 1 fully saturated rings. The van der Waals surface area contributed by atoms with E-state index in [4.69, 9.17) is 5.73 Å². The van der Waals surface area contributed by atoms with E-state index in [0.29, 0.717) is 11.3 Å². The summed E-state index contributed by atoms with van der Waals surface area (Å²) in [5.41, 5.74) is 7.98. The Labute approximate surface area is 142 Å². The van der Waals surface area contributed by atoms with E-state index >= 15 is 0 Å². The maximum absolute atomic E-state index is 12.3. The van der Waals surface area contributed by atoms with Crippen molar-refractivity contribution in [2.24, 2.45) is 0 Å². The van der Waals surface area contributed by atoms with Gasteiger partial charge in [0.25, 0.3) is 5.91 Å². The van der Waals surface area contributed by atoms with Crippen molar-refractivity contribution in [3.8, 4) is 0 Å². The van der Waals surface area contributed by atoms with Crippen LogP contribution in [0.3, 0.4) is 0 Å². The number of nitrogens with two attached hydrogens (primary N) is 1. The zero-order valence-electron chi connectivity index (χ0n) is 13.9. The van der Waals surface area contributed by atoms with Gasteiger partial charge in [-0.15, -0.1) is 0 Å². The summed E-state index contributed by atoms with van der Waals surface area (Å²) in [6.45, 7) is 3.83. The van der Waals surface area contributed by atoms with E-state index in [1.807, 2.05) is 18.2 Å². The molecular weight excluding hydrogens is 302 g/mol. The Morgan fingerprint density at radius 1 is 1.29 bits per heavy atom. The Kier molecular flexibility index (Phi) is 4.93. The van der Waals surface area contributed by atoms with Crippen LogP contribution in [0.1, 0.15) is 35.8 Å². The summed E-state index contributed by atoms with van der Waals surface area (Å²) in [7, 11) is 0. The first-order valence-electron chi connectivity index (χ1n) is 8.38. The largest absolute Gasteiger partial charge is 0.398 e. The van der Waals surface area contributed by atoms with E-state index < -0.39 is 0 Å². The van der Waals surface area contributed by atoms with Crippen molar-refractivity contribution < 1.29 is 4.79 Å². The second kappa shape index (κ2) is 7.29. The molecule has 1 aromatic carbocycles. The van der Waals surface area contributed by atoms with Gasteiger partial charge in [0.2, 0.25) is 0 Å². The van der Waals surface area contributed by atoms with Crippen molar-refractivity contribution in [1.82, 2.24) is 15.3 Å². The van der Waals surface area contributed by atoms with Crippen molar-refractivity contribution in [1.29, 1.82) is 0 Å². The SMILES string of the molecule is CCc1cc(N2CCC(NC(=O)c3ccccc3N)CC2)ncn1. The summed E-state index contributed by atoms with van der Waals surface area (Å²) < 4.78 is 0. The summed E-state index contributed by atoms with van der Waals surface area (Å²) >= 11 is 0. The standard InChI is InChI=1S/C18H23N5O/c1-2-13-11-17(21-12-20-13)23-9-7-14(8-10-23)22-18(24)15-5-3-4-6-16(15)19/h3-6,11-12,14H,2,7-10,19H2,1H3,(H,22,24). The molecule has 0 radical (unpaired) electrons. The Morgan fingerprint density at radius 2 is 2.04 bits per heavy atom. The first-order chi connectivity index (χ1) is 11.7. The highest BCUT2D eigenvalue weighted by Crippen LogP contribution is 2.19. The normalized spacial score (nSPS) is 15.3. The van der Waals surface area contributed by atoms with Gasteiger partial charge in [-0.2, -0.15) is 0 Å². The Balaban J connectivity index is 1.57. The molecule has 24 heavy (non-hydrogen) atoms. The minimum atomic E-state index is -0.0955. The van der Waals surface area contributed by atoms with Crippen molar-refractivity contribution in [2.45, 2.75) is 32.2 Å². The number of aromatic nitrogens is 2. The fourth-order valence-electron chi connectivity index (χ4n) is 2.97. The fourth-order valence-corrected chi connectivity index (χ4v) is 2.97. The number of nitrogens with one attached hydrogen (secondary N) is 1. The summed E-state index contributed by atoms with van der Waals surface area (Å²) in [6.07, 6.45) is 4.31. The number of hydrogen-bond donors (Lipinski definition) is 2. The lowest BCUT2D eigenvalue weighted by molar-refractivity contribution is 0.0932. The summed E-state index contributed by atoms with van der Waals surface area (Å²) in [5, 5.41) is 3.09. The number of rotatable bonds is 4. The third-order valence-electron chi connectivity index (χ3n) is 4.43. The van der Waals surface area contributed by atoms with Crippen LogP contribution in [0.4, 0.5) is 11.5 Å². The minimum absolute atomic E-state index is 0.0955. The molecule has 0 aliphatic carbocycles. The van der Waals surface area contributed by atoms with Crippen LogP contribution in [0.2, 0.25) is 0 Å². The second-order valence-electron chi connectivity index (χ2n) is 6.04. The second-order valence-corrected chi connectivity index (χ2v) is 6.04. The van der Waals surface area contributed by atoms with Gasteiger partial charge < -0.3 is 16.0 Å². The molecule has 0 bridgehead atoms. The quantitative estimate of drug-likeness (QED) is 0.840. The first kappa shape index (κ1) is 16.2. The van der Waals surface area contributed by atoms with Crippen LogP contribution in [0.5, 0.6) is 0 Å². The summed E-state index contributed by atoms with van der Waals surface area (Å²) in [5.74, 6) is 0.876. The molecule has 0 atom stereocenters.